The molecular formula is C20H17NO4. The van der Waals surface area contributed by atoms with Crippen LogP contribution in [-0.4, -0.2) is 24.0 Å². The van der Waals surface area contributed by atoms with E-state index in [1.807, 2.05) is 26.0 Å². The predicted octanol–water partition coefficient (Wildman–Crippen LogP) is 3.15. The van der Waals surface area contributed by atoms with Crippen LogP contribution in [0.4, 0.5) is 0 Å². The Kier molecular flexibility index (Phi) is 3.57. The molecule has 4 rings (SSSR count). The number of hydrogen-bond donors (Lipinski definition) is 1. The summed E-state index contributed by atoms with van der Waals surface area (Å²) >= 11 is 0. The lowest BCUT2D eigenvalue weighted by Crippen LogP contribution is -2.19. The molecule has 1 N–H and O–H groups in total. The average molecular weight is 335 g/mol. The van der Waals surface area contributed by atoms with Gasteiger partial charge in [-0.05, 0) is 37.1 Å². The molecule has 2 aromatic carbocycles. The maximum Gasteiger partial charge on any atom is 0.200 e. The van der Waals surface area contributed by atoms with Crippen LogP contribution in [0.5, 0.6) is 11.5 Å². The topological polar surface area (TPSA) is 68.4 Å². The van der Waals surface area contributed by atoms with Crippen LogP contribution in [0.15, 0.2) is 41.3 Å². The second kappa shape index (κ2) is 5.77. The third-order valence-corrected chi connectivity index (χ3v) is 4.56. The minimum Gasteiger partial charge on any atom is -0.486 e. The second-order valence-electron chi connectivity index (χ2n) is 6.20. The summed E-state index contributed by atoms with van der Waals surface area (Å²) in [5.74, 6) is 0.837. The molecule has 2 heterocycles. The van der Waals surface area contributed by atoms with Crippen molar-refractivity contribution in [2.24, 2.45) is 0 Å². The highest BCUT2D eigenvalue weighted by atomic mass is 16.6. The molecule has 25 heavy (non-hydrogen) atoms. The molecule has 0 radical (unpaired) electrons. The first-order valence-electron chi connectivity index (χ1n) is 8.11. The number of hydrogen-bond acceptors (Lipinski definition) is 4. The van der Waals surface area contributed by atoms with Gasteiger partial charge in [0.15, 0.2) is 17.3 Å². The number of ketones is 1. The van der Waals surface area contributed by atoms with E-state index in [9.17, 15) is 9.59 Å². The Labute approximate surface area is 144 Å². The van der Waals surface area contributed by atoms with E-state index >= 15 is 0 Å². The Morgan fingerprint density at radius 3 is 2.44 bits per heavy atom. The third-order valence-electron chi connectivity index (χ3n) is 4.56. The molecule has 3 aromatic rings. The molecule has 0 aliphatic carbocycles. The molecule has 0 fully saturated rings. The minimum absolute atomic E-state index is 0.118. The molecule has 5 heteroatoms. The number of pyridine rings is 1. The molecule has 0 bridgehead atoms. The van der Waals surface area contributed by atoms with Crippen molar-refractivity contribution in [1.82, 2.24) is 4.98 Å². The van der Waals surface area contributed by atoms with E-state index < -0.39 is 0 Å². The van der Waals surface area contributed by atoms with E-state index in [2.05, 4.69) is 4.98 Å². The van der Waals surface area contributed by atoms with Gasteiger partial charge in [0, 0.05) is 17.8 Å². The van der Waals surface area contributed by atoms with Crippen LogP contribution in [-0.2, 0) is 0 Å². The Bertz CT molecular complexity index is 1070. The van der Waals surface area contributed by atoms with Crippen molar-refractivity contribution in [3.63, 3.8) is 0 Å². The Balaban J connectivity index is 1.84. The number of nitrogens with one attached hydrogen (secondary N) is 1. The second-order valence-corrected chi connectivity index (χ2v) is 6.20. The maximum atomic E-state index is 12.8. The fraction of sp³-hybridized carbons (Fsp3) is 0.200. The Morgan fingerprint density at radius 2 is 1.72 bits per heavy atom. The summed E-state index contributed by atoms with van der Waals surface area (Å²) in [4.78, 5) is 28.7. The molecule has 5 nitrogen and oxygen atoms in total. The number of aryl methyl sites for hydroxylation is 2. The number of ether oxygens (including phenoxy) is 2. The number of aromatic amines is 1. The molecule has 0 spiro atoms. The zero-order valence-electron chi connectivity index (χ0n) is 14.0. The molecule has 1 aliphatic rings. The first-order valence-corrected chi connectivity index (χ1v) is 8.11. The highest BCUT2D eigenvalue weighted by Gasteiger charge is 2.19. The summed E-state index contributed by atoms with van der Waals surface area (Å²) in [6.07, 6.45) is 1.47. The number of aromatic nitrogens is 1. The SMILES string of the molecule is Cc1ccc(C(=O)c2c[nH]c3cc4c(cc3c2=O)OCCO4)cc1C. The summed E-state index contributed by atoms with van der Waals surface area (Å²) in [5, 5.41) is 0.416. The lowest BCUT2D eigenvalue weighted by atomic mass is 9.99. The van der Waals surface area contributed by atoms with Gasteiger partial charge in [0.25, 0.3) is 0 Å². The lowest BCUT2D eigenvalue weighted by Gasteiger charge is -2.18. The summed E-state index contributed by atoms with van der Waals surface area (Å²) in [6.45, 7) is 4.85. The number of H-pyrrole nitrogens is 1. The summed E-state index contributed by atoms with van der Waals surface area (Å²) in [5.41, 5.74) is 3.05. The van der Waals surface area contributed by atoms with E-state index in [4.69, 9.17) is 9.47 Å². The van der Waals surface area contributed by atoms with Crippen molar-refractivity contribution in [2.45, 2.75) is 13.8 Å². The number of carbonyl (C=O) groups excluding carboxylic acids is 1. The smallest absolute Gasteiger partial charge is 0.200 e. The predicted molar refractivity (Wildman–Crippen MR) is 94.9 cm³/mol. The third kappa shape index (κ3) is 2.58. The summed E-state index contributed by atoms with van der Waals surface area (Å²) in [7, 11) is 0. The number of benzene rings is 2. The summed E-state index contributed by atoms with van der Waals surface area (Å²) < 4.78 is 11.1. The van der Waals surface area contributed by atoms with Gasteiger partial charge in [-0.3, -0.25) is 9.59 Å². The monoisotopic (exact) mass is 335 g/mol. The molecule has 0 saturated carbocycles. The zero-order chi connectivity index (χ0) is 17.6. The highest BCUT2D eigenvalue weighted by Crippen LogP contribution is 2.33. The first kappa shape index (κ1) is 15.4. The van der Waals surface area contributed by atoms with Gasteiger partial charge in [0.2, 0.25) is 5.43 Å². The number of carbonyl (C=O) groups is 1. The molecule has 0 amide bonds. The van der Waals surface area contributed by atoms with Crippen LogP contribution >= 0.6 is 0 Å². The standard InChI is InChI=1S/C20H17NO4/c1-11-3-4-13(7-12(11)2)19(22)15-10-21-16-9-18-17(24-5-6-25-18)8-14(16)20(15)23/h3-4,7-10H,5-6H2,1-2H3,(H,21,23). The highest BCUT2D eigenvalue weighted by molar-refractivity contribution is 6.10. The maximum absolute atomic E-state index is 12.8. The average Bonchev–Trinajstić information content (AvgIpc) is 2.62. The van der Waals surface area contributed by atoms with E-state index in [0.29, 0.717) is 41.2 Å². The summed E-state index contributed by atoms with van der Waals surface area (Å²) in [6, 6.07) is 8.82. The van der Waals surface area contributed by atoms with Crippen LogP contribution in [0.25, 0.3) is 10.9 Å². The van der Waals surface area contributed by atoms with Gasteiger partial charge in [-0.15, -0.1) is 0 Å². The van der Waals surface area contributed by atoms with E-state index in [1.54, 1.807) is 18.2 Å². The van der Waals surface area contributed by atoms with Gasteiger partial charge in [-0.2, -0.15) is 0 Å². The molecule has 0 atom stereocenters. The molecule has 1 aromatic heterocycles. The van der Waals surface area contributed by atoms with Crippen molar-refractivity contribution in [3.05, 3.63) is 69.0 Å². The number of rotatable bonds is 2. The van der Waals surface area contributed by atoms with Crippen LogP contribution < -0.4 is 14.9 Å². The van der Waals surface area contributed by atoms with Gasteiger partial charge in [-0.1, -0.05) is 12.1 Å². The minimum atomic E-state index is -0.311. The van der Waals surface area contributed by atoms with E-state index in [1.165, 1.54) is 6.20 Å². The first-order chi connectivity index (χ1) is 12.0. The van der Waals surface area contributed by atoms with Crippen molar-refractivity contribution in [2.75, 3.05) is 13.2 Å². The van der Waals surface area contributed by atoms with Crippen molar-refractivity contribution >= 4 is 16.7 Å². The molecule has 0 saturated heterocycles. The van der Waals surface area contributed by atoms with Gasteiger partial charge in [0.05, 0.1) is 16.5 Å². The van der Waals surface area contributed by atoms with Gasteiger partial charge >= 0.3 is 0 Å². The van der Waals surface area contributed by atoms with Crippen LogP contribution in [0.3, 0.4) is 0 Å². The fourth-order valence-corrected chi connectivity index (χ4v) is 2.96. The van der Waals surface area contributed by atoms with Crippen LogP contribution in [0.2, 0.25) is 0 Å². The fourth-order valence-electron chi connectivity index (χ4n) is 2.96. The van der Waals surface area contributed by atoms with Gasteiger partial charge in [-0.25, -0.2) is 0 Å². The number of fused-ring (bicyclic) bond motifs is 2. The molecule has 0 unspecified atom stereocenters. The molecular weight excluding hydrogens is 318 g/mol. The van der Waals surface area contributed by atoms with Crippen LogP contribution in [0, 0.1) is 13.8 Å². The van der Waals surface area contributed by atoms with Crippen molar-refractivity contribution < 1.29 is 14.3 Å². The van der Waals surface area contributed by atoms with E-state index in [0.717, 1.165) is 11.1 Å². The lowest BCUT2D eigenvalue weighted by molar-refractivity contribution is 0.103. The van der Waals surface area contributed by atoms with Crippen molar-refractivity contribution in [3.8, 4) is 11.5 Å². The molecule has 126 valence electrons. The van der Waals surface area contributed by atoms with Crippen molar-refractivity contribution in [1.29, 1.82) is 0 Å². The van der Waals surface area contributed by atoms with Crippen LogP contribution in [0.1, 0.15) is 27.0 Å². The Hall–Kier alpha value is -3.08. The van der Waals surface area contributed by atoms with Gasteiger partial charge in [0.1, 0.15) is 13.2 Å². The van der Waals surface area contributed by atoms with Gasteiger partial charge < -0.3 is 14.5 Å². The normalized spacial score (nSPS) is 13.0. The quantitative estimate of drug-likeness (QED) is 0.731. The largest absolute Gasteiger partial charge is 0.486 e. The van der Waals surface area contributed by atoms with E-state index in [-0.39, 0.29) is 16.8 Å². The Morgan fingerprint density at radius 1 is 1.00 bits per heavy atom. The zero-order valence-corrected chi connectivity index (χ0v) is 14.0. The molecule has 1 aliphatic heterocycles.